The van der Waals surface area contributed by atoms with E-state index in [0.29, 0.717) is 24.2 Å². The van der Waals surface area contributed by atoms with E-state index in [0.717, 1.165) is 17.4 Å². The van der Waals surface area contributed by atoms with E-state index in [-0.39, 0.29) is 35.1 Å². The monoisotopic (exact) mass is 427 g/mol. The van der Waals surface area contributed by atoms with Crippen LogP contribution in [0.2, 0.25) is 0 Å². The fourth-order valence-electron chi connectivity index (χ4n) is 2.78. The lowest BCUT2D eigenvalue weighted by atomic mass is 10.1. The molecule has 0 bridgehead atoms. The Hall–Kier alpha value is -2.39. The van der Waals surface area contributed by atoms with Crippen LogP contribution >= 0.6 is 17.0 Å². The quantitative estimate of drug-likeness (QED) is 0.484. The summed E-state index contributed by atoms with van der Waals surface area (Å²) in [6.45, 7) is 2.28. The summed E-state index contributed by atoms with van der Waals surface area (Å²) in [5.74, 6) is -1.21. The number of aliphatic carboxylic acids is 1. The summed E-state index contributed by atoms with van der Waals surface area (Å²) in [5, 5.41) is 9.62. The maximum absolute atomic E-state index is 11.1. The van der Waals surface area contributed by atoms with Crippen molar-refractivity contribution in [2.45, 2.75) is 25.8 Å². The summed E-state index contributed by atoms with van der Waals surface area (Å²) in [7, 11) is 0. The number of carboxylic acids is 1. The van der Waals surface area contributed by atoms with Crippen LogP contribution in [0.25, 0.3) is 11.0 Å². The van der Waals surface area contributed by atoms with Crippen LogP contribution in [0.5, 0.6) is 0 Å². The second-order valence-corrected chi connectivity index (χ2v) is 5.79. The van der Waals surface area contributed by atoms with Gasteiger partial charge in [-0.05, 0) is 37.5 Å². The van der Waals surface area contributed by atoms with Crippen molar-refractivity contribution in [2.24, 2.45) is 5.73 Å². The van der Waals surface area contributed by atoms with Crippen molar-refractivity contribution in [3.8, 4) is 0 Å². The van der Waals surface area contributed by atoms with E-state index in [1.54, 1.807) is 12.1 Å². The third kappa shape index (κ3) is 5.06. The lowest BCUT2D eigenvalue weighted by molar-refractivity contribution is -0.147. The van der Waals surface area contributed by atoms with Crippen LogP contribution in [0.1, 0.15) is 18.4 Å². The Labute approximate surface area is 160 Å². The molecule has 8 nitrogen and oxygen atoms in total. The molecule has 1 amide bonds. The first-order valence-electron chi connectivity index (χ1n) is 7.86. The molecule has 1 saturated heterocycles. The zero-order valence-corrected chi connectivity index (χ0v) is 16.0. The second kappa shape index (κ2) is 9.35. The van der Waals surface area contributed by atoms with Crippen LogP contribution in [0.3, 0.4) is 0 Å². The average Bonchev–Trinajstić information content (AvgIpc) is 3.04. The van der Waals surface area contributed by atoms with Gasteiger partial charge in [0.15, 0.2) is 0 Å². The van der Waals surface area contributed by atoms with E-state index in [4.69, 9.17) is 21.0 Å². The van der Waals surface area contributed by atoms with Crippen LogP contribution in [0, 0.1) is 6.92 Å². The van der Waals surface area contributed by atoms with Crippen molar-refractivity contribution in [1.29, 1.82) is 0 Å². The summed E-state index contributed by atoms with van der Waals surface area (Å²) in [5.41, 5.74) is 12.4. The minimum atomic E-state index is -0.936. The molecule has 1 aromatic carbocycles. The maximum Gasteiger partial charge on any atom is 0.336 e. The largest absolute Gasteiger partial charge is 0.480 e. The number of benzene rings is 1. The number of nitrogen functional groups attached to an aromatic ring is 1. The van der Waals surface area contributed by atoms with Crippen molar-refractivity contribution in [3.05, 3.63) is 40.2 Å². The first kappa shape index (κ1) is 21.7. The number of anilines is 1. The number of likely N-dealkylation sites (tertiary alicyclic amines) is 1. The molecule has 1 atom stereocenters. The van der Waals surface area contributed by atoms with Crippen molar-refractivity contribution in [3.63, 3.8) is 0 Å². The van der Waals surface area contributed by atoms with Crippen molar-refractivity contribution < 1.29 is 19.1 Å². The van der Waals surface area contributed by atoms with Gasteiger partial charge < -0.3 is 25.9 Å². The highest BCUT2D eigenvalue weighted by atomic mass is 79.9. The standard InChI is InChI=1S/C10H9NO2.C7H12N2O3.BrH/c1-6-4-10(12)13-9-5-7(11)2-3-8(6)9;8-4-6(10)9-3-1-2-5(9)7(11)12;/h2-5H,11H2,1H3;5H,1-4,8H2,(H,11,12);1H/t;5-;/m.0./s1. The molecule has 1 aliphatic rings. The van der Waals surface area contributed by atoms with Gasteiger partial charge in [0.1, 0.15) is 11.6 Å². The minimum Gasteiger partial charge on any atom is -0.480 e. The highest BCUT2D eigenvalue weighted by Crippen LogP contribution is 2.18. The fourth-order valence-corrected chi connectivity index (χ4v) is 2.78. The Morgan fingerprint density at radius 2 is 2.04 bits per heavy atom. The molecule has 0 aliphatic carbocycles. The van der Waals surface area contributed by atoms with Gasteiger partial charge in [0.05, 0.1) is 6.54 Å². The van der Waals surface area contributed by atoms with Crippen molar-refractivity contribution in [1.82, 2.24) is 4.90 Å². The van der Waals surface area contributed by atoms with Gasteiger partial charge in [-0.2, -0.15) is 0 Å². The molecular weight excluding hydrogens is 406 g/mol. The third-order valence-electron chi connectivity index (χ3n) is 4.01. The van der Waals surface area contributed by atoms with Crippen LogP contribution in [0.15, 0.2) is 33.5 Å². The molecule has 0 unspecified atom stereocenters. The molecular formula is C17H22BrN3O5. The van der Waals surface area contributed by atoms with Crippen molar-refractivity contribution >= 4 is 45.5 Å². The molecule has 0 spiro atoms. The van der Waals surface area contributed by atoms with Crippen LogP contribution in [-0.2, 0) is 9.59 Å². The van der Waals surface area contributed by atoms with Crippen LogP contribution < -0.4 is 17.1 Å². The first-order valence-corrected chi connectivity index (χ1v) is 7.86. The van der Waals surface area contributed by atoms with E-state index < -0.39 is 12.0 Å². The average molecular weight is 428 g/mol. The molecule has 2 aromatic rings. The normalized spacial score (nSPS) is 15.8. The molecule has 2 heterocycles. The number of carboxylic acid groups (broad SMARTS) is 1. The Bertz CT molecular complexity index is 852. The summed E-state index contributed by atoms with van der Waals surface area (Å²) >= 11 is 0. The summed E-state index contributed by atoms with van der Waals surface area (Å²) in [6, 6.07) is 6.11. The number of nitrogens with two attached hydrogens (primary N) is 2. The molecule has 0 saturated carbocycles. The highest BCUT2D eigenvalue weighted by molar-refractivity contribution is 8.93. The molecule has 3 rings (SSSR count). The van der Waals surface area contributed by atoms with Gasteiger partial charge in [-0.3, -0.25) is 4.79 Å². The smallest absolute Gasteiger partial charge is 0.336 e. The van der Waals surface area contributed by atoms with Crippen LogP contribution in [-0.4, -0.2) is 41.0 Å². The van der Waals surface area contributed by atoms with E-state index in [9.17, 15) is 14.4 Å². The van der Waals surface area contributed by atoms with Gasteiger partial charge in [-0.15, -0.1) is 17.0 Å². The molecule has 142 valence electrons. The van der Waals surface area contributed by atoms with E-state index in [1.807, 2.05) is 13.0 Å². The Kier molecular flexibility index (Phi) is 7.78. The topological polar surface area (TPSA) is 140 Å². The molecule has 26 heavy (non-hydrogen) atoms. The number of hydrogen-bond donors (Lipinski definition) is 3. The molecule has 1 aromatic heterocycles. The summed E-state index contributed by atoms with van der Waals surface area (Å²) in [4.78, 5) is 34.0. The van der Waals surface area contributed by atoms with Crippen LogP contribution in [0.4, 0.5) is 5.69 Å². The predicted molar refractivity (Wildman–Crippen MR) is 103 cm³/mol. The van der Waals surface area contributed by atoms with E-state index >= 15 is 0 Å². The molecule has 1 aliphatic heterocycles. The highest BCUT2D eigenvalue weighted by Gasteiger charge is 2.32. The molecule has 5 N–H and O–H groups in total. The lowest BCUT2D eigenvalue weighted by Crippen LogP contribution is -2.43. The number of fused-ring (bicyclic) bond motifs is 1. The van der Waals surface area contributed by atoms with Gasteiger partial charge >= 0.3 is 11.6 Å². The summed E-state index contributed by atoms with van der Waals surface area (Å²) < 4.78 is 4.99. The Morgan fingerprint density at radius 1 is 1.35 bits per heavy atom. The number of carbonyl (C=O) groups excluding carboxylic acids is 1. The van der Waals surface area contributed by atoms with E-state index in [1.165, 1.54) is 11.0 Å². The number of hydrogen-bond acceptors (Lipinski definition) is 6. The molecule has 9 heteroatoms. The zero-order valence-electron chi connectivity index (χ0n) is 14.3. The minimum absolute atomic E-state index is 0. The zero-order chi connectivity index (χ0) is 18.6. The maximum atomic E-state index is 11.1. The van der Waals surface area contributed by atoms with Gasteiger partial charge in [-0.1, -0.05) is 0 Å². The SMILES string of the molecule is Br.Cc1cc(=O)oc2cc(N)ccc12.NCC(=O)N1CCC[C@H]1C(=O)O. The predicted octanol–water partition coefficient (Wildman–Crippen LogP) is 1.28. The lowest BCUT2D eigenvalue weighted by Gasteiger charge is -2.20. The number of nitrogens with zero attached hydrogens (tertiary/aromatic N) is 1. The molecule has 0 radical (unpaired) electrons. The second-order valence-electron chi connectivity index (χ2n) is 5.79. The van der Waals surface area contributed by atoms with Gasteiger partial charge in [0.25, 0.3) is 0 Å². The third-order valence-corrected chi connectivity index (χ3v) is 4.01. The van der Waals surface area contributed by atoms with Crippen molar-refractivity contribution in [2.75, 3.05) is 18.8 Å². The first-order chi connectivity index (χ1) is 11.8. The number of halogens is 1. The van der Waals surface area contributed by atoms with Gasteiger partial charge in [-0.25, -0.2) is 9.59 Å². The Balaban J connectivity index is 0.000000251. The number of amides is 1. The molecule has 1 fully saturated rings. The van der Waals surface area contributed by atoms with Gasteiger partial charge in [0, 0.05) is 29.8 Å². The van der Waals surface area contributed by atoms with E-state index in [2.05, 4.69) is 0 Å². The Morgan fingerprint density at radius 3 is 2.65 bits per heavy atom. The number of aryl methyl sites for hydroxylation is 1. The fraction of sp³-hybridized carbons (Fsp3) is 0.353. The number of rotatable bonds is 2. The number of carbonyl (C=O) groups is 2. The summed E-state index contributed by atoms with van der Waals surface area (Å²) in [6.07, 6.45) is 1.30. The van der Waals surface area contributed by atoms with Gasteiger partial charge in [0.2, 0.25) is 5.91 Å².